The van der Waals surface area contributed by atoms with Gasteiger partial charge in [-0.3, -0.25) is 0 Å². The second-order valence-corrected chi connectivity index (χ2v) is 4.62. The van der Waals surface area contributed by atoms with Gasteiger partial charge in [0, 0.05) is 6.61 Å². The lowest BCUT2D eigenvalue weighted by atomic mass is 10.1. The standard InChI is InChI=1S/C14H17FO4/c15-13-5-4-10(7-12(13)14(16)17)8-18-9-11-3-1-2-6-19-11/h4-5,7,11H,1-3,6,8-9H2,(H,16,17). The van der Waals surface area contributed by atoms with Crippen LogP contribution in [0.1, 0.15) is 35.2 Å². The van der Waals surface area contributed by atoms with Crippen LogP contribution in [0.3, 0.4) is 0 Å². The molecule has 1 heterocycles. The van der Waals surface area contributed by atoms with Gasteiger partial charge in [-0.05, 0) is 37.0 Å². The summed E-state index contributed by atoms with van der Waals surface area (Å²) in [6.07, 6.45) is 3.35. The minimum Gasteiger partial charge on any atom is -0.478 e. The van der Waals surface area contributed by atoms with Crippen molar-refractivity contribution < 1.29 is 23.8 Å². The number of ether oxygens (including phenoxy) is 2. The monoisotopic (exact) mass is 268 g/mol. The fourth-order valence-electron chi connectivity index (χ4n) is 2.07. The molecule has 1 N–H and O–H groups in total. The predicted octanol–water partition coefficient (Wildman–Crippen LogP) is 2.61. The third kappa shape index (κ3) is 4.01. The van der Waals surface area contributed by atoms with Gasteiger partial charge in [0.15, 0.2) is 0 Å². The first kappa shape index (κ1) is 14.0. The van der Waals surface area contributed by atoms with E-state index in [1.165, 1.54) is 12.1 Å². The molecular formula is C14H17FO4. The van der Waals surface area contributed by atoms with Gasteiger partial charge in [-0.2, -0.15) is 0 Å². The Morgan fingerprint density at radius 1 is 1.47 bits per heavy atom. The Balaban J connectivity index is 1.85. The molecule has 4 nitrogen and oxygen atoms in total. The molecule has 0 aromatic heterocycles. The lowest BCUT2D eigenvalue weighted by Crippen LogP contribution is -2.24. The first-order chi connectivity index (χ1) is 9.16. The third-order valence-electron chi connectivity index (χ3n) is 3.11. The summed E-state index contributed by atoms with van der Waals surface area (Å²) in [4.78, 5) is 10.8. The molecule has 1 aromatic rings. The number of hydrogen-bond acceptors (Lipinski definition) is 3. The van der Waals surface area contributed by atoms with Crippen molar-refractivity contribution >= 4 is 5.97 Å². The van der Waals surface area contributed by atoms with Crippen LogP contribution in [-0.4, -0.2) is 30.4 Å². The van der Waals surface area contributed by atoms with Gasteiger partial charge in [0.05, 0.1) is 24.9 Å². The van der Waals surface area contributed by atoms with E-state index in [1.54, 1.807) is 0 Å². The molecule has 1 atom stereocenters. The number of aromatic carboxylic acids is 1. The van der Waals surface area contributed by atoms with Crippen LogP contribution >= 0.6 is 0 Å². The van der Waals surface area contributed by atoms with Crippen molar-refractivity contribution in [1.29, 1.82) is 0 Å². The summed E-state index contributed by atoms with van der Waals surface area (Å²) in [6.45, 7) is 1.52. The van der Waals surface area contributed by atoms with Crippen LogP contribution in [0.2, 0.25) is 0 Å². The van der Waals surface area contributed by atoms with Crippen LogP contribution in [0.25, 0.3) is 0 Å². The van der Waals surface area contributed by atoms with E-state index in [1.807, 2.05) is 0 Å². The van der Waals surface area contributed by atoms with Gasteiger partial charge in [0.2, 0.25) is 0 Å². The molecule has 0 amide bonds. The van der Waals surface area contributed by atoms with Crippen molar-refractivity contribution in [1.82, 2.24) is 0 Å². The molecule has 0 saturated carbocycles. The number of carboxylic acids is 1. The zero-order valence-electron chi connectivity index (χ0n) is 10.6. The second-order valence-electron chi connectivity index (χ2n) is 4.62. The van der Waals surface area contributed by atoms with Crippen molar-refractivity contribution in [3.63, 3.8) is 0 Å². The Morgan fingerprint density at radius 3 is 3.00 bits per heavy atom. The van der Waals surface area contributed by atoms with E-state index < -0.39 is 11.8 Å². The van der Waals surface area contributed by atoms with Crippen molar-refractivity contribution in [3.8, 4) is 0 Å². The smallest absolute Gasteiger partial charge is 0.338 e. The first-order valence-electron chi connectivity index (χ1n) is 6.38. The van der Waals surface area contributed by atoms with Gasteiger partial charge < -0.3 is 14.6 Å². The number of rotatable bonds is 5. The highest BCUT2D eigenvalue weighted by Gasteiger charge is 2.14. The van der Waals surface area contributed by atoms with Gasteiger partial charge >= 0.3 is 5.97 Å². The highest BCUT2D eigenvalue weighted by atomic mass is 19.1. The predicted molar refractivity (Wildman–Crippen MR) is 66.6 cm³/mol. The molecule has 0 spiro atoms. The van der Waals surface area contributed by atoms with Gasteiger partial charge in [0.25, 0.3) is 0 Å². The summed E-state index contributed by atoms with van der Waals surface area (Å²) in [5, 5.41) is 8.82. The number of carboxylic acid groups (broad SMARTS) is 1. The minimum atomic E-state index is -1.27. The Bertz CT molecular complexity index is 441. The molecule has 0 aliphatic carbocycles. The number of benzene rings is 1. The van der Waals surface area contributed by atoms with E-state index >= 15 is 0 Å². The lowest BCUT2D eigenvalue weighted by molar-refractivity contribution is -0.0447. The molecule has 1 saturated heterocycles. The zero-order chi connectivity index (χ0) is 13.7. The fourth-order valence-corrected chi connectivity index (χ4v) is 2.07. The summed E-state index contributed by atoms with van der Waals surface area (Å²) >= 11 is 0. The zero-order valence-corrected chi connectivity index (χ0v) is 10.6. The van der Waals surface area contributed by atoms with Crippen molar-refractivity contribution in [2.75, 3.05) is 13.2 Å². The maximum absolute atomic E-state index is 13.2. The largest absolute Gasteiger partial charge is 0.478 e. The SMILES string of the molecule is O=C(O)c1cc(COCC2CCCCO2)ccc1F. The molecule has 0 bridgehead atoms. The summed E-state index contributed by atoms with van der Waals surface area (Å²) < 4.78 is 24.2. The fraction of sp³-hybridized carbons (Fsp3) is 0.500. The van der Waals surface area contributed by atoms with E-state index in [0.29, 0.717) is 12.2 Å². The molecule has 2 rings (SSSR count). The van der Waals surface area contributed by atoms with Crippen LogP contribution < -0.4 is 0 Å². The van der Waals surface area contributed by atoms with Crippen LogP contribution in [-0.2, 0) is 16.1 Å². The molecule has 1 unspecified atom stereocenters. The second kappa shape index (κ2) is 6.63. The van der Waals surface area contributed by atoms with Gasteiger partial charge in [-0.25, -0.2) is 9.18 Å². The molecular weight excluding hydrogens is 251 g/mol. The maximum atomic E-state index is 13.2. The highest BCUT2D eigenvalue weighted by molar-refractivity contribution is 5.88. The van der Waals surface area contributed by atoms with Gasteiger partial charge in [-0.15, -0.1) is 0 Å². The van der Waals surface area contributed by atoms with E-state index in [2.05, 4.69) is 0 Å². The molecule has 1 aromatic carbocycles. The topological polar surface area (TPSA) is 55.8 Å². The lowest BCUT2D eigenvalue weighted by Gasteiger charge is -2.22. The Morgan fingerprint density at radius 2 is 2.32 bits per heavy atom. The highest BCUT2D eigenvalue weighted by Crippen LogP contribution is 2.15. The van der Waals surface area contributed by atoms with Crippen LogP contribution in [0.5, 0.6) is 0 Å². The Hall–Kier alpha value is -1.46. The summed E-state index contributed by atoms with van der Waals surface area (Å²) in [5.74, 6) is -2.00. The normalized spacial score (nSPS) is 19.3. The average molecular weight is 268 g/mol. The number of hydrogen-bond donors (Lipinski definition) is 1. The molecule has 5 heteroatoms. The van der Waals surface area contributed by atoms with E-state index in [0.717, 1.165) is 31.9 Å². The third-order valence-corrected chi connectivity index (χ3v) is 3.11. The van der Waals surface area contributed by atoms with Crippen molar-refractivity contribution in [2.24, 2.45) is 0 Å². The molecule has 1 aliphatic rings. The van der Waals surface area contributed by atoms with E-state index in [9.17, 15) is 9.18 Å². The summed E-state index contributed by atoms with van der Waals surface area (Å²) in [5.41, 5.74) is 0.324. The van der Waals surface area contributed by atoms with Gasteiger partial charge in [-0.1, -0.05) is 6.07 Å². The maximum Gasteiger partial charge on any atom is 0.338 e. The van der Waals surface area contributed by atoms with Crippen LogP contribution in [0.15, 0.2) is 18.2 Å². The summed E-state index contributed by atoms with van der Waals surface area (Å²) in [6, 6.07) is 3.99. The Labute approximate surface area is 111 Å². The summed E-state index contributed by atoms with van der Waals surface area (Å²) in [7, 11) is 0. The number of halogens is 1. The quantitative estimate of drug-likeness (QED) is 0.891. The molecule has 104 valence electrons. The molecule has 19 heavy (non-hydrogen) atoms. The average Bonchev–Trinajstić information content (AvgIpc) is 2.41. The minimum absolute atomic E-state index is 0.119. The molecule has 0 radical (unpaired) electrons. The van der Waals surface area contributed by atoms with E-state index in [4.69, 9.17) is 14.6 Å². The Kier molecular flexibility index (Phi) is 4.87. The van der Waals surface area contributed by atoms with E-state index in [-0.39, 0.29) is 18.3 Å². The van der Waals surface area contributed by atoms with Crippen molar-refractivity contribution in [2.45, 2.75) is 32.0 Å². The van der Waals surface area contributed by atoms with Crippen LogP contribution in [0, 0.1) is 5.82 Å². The first-order valence-corrected chi connectivity index (χ1v) is 6.38. The van der Waals surface area contributed by atoms with Crippen LogP contribution in [0.4, 0.5) is 4.39 Å². The van der Waals surface area contributed by atoms with Gasteiger partial charge in [0.1, 0.15) is 5.82 Å². The molecule has 1 aliphatic heterocycles. The number of carbonyl (C=O) groups is 1. The molecule has 1 fully saturated rings. The van der Waals surface area contributed by atoms with Crippen molar-refractivity contribution in [3.05, 3.63) is 35.1 Å².